The molecule has 0 saturated carbocycles. The van der Waals surface area contributed by atoms with Gasteiger partial charge in [-0.3, -0.25) is 4.79 Å². The molecular weight excluding hydrogens is 226 g/mol. The Kier molecular flexibility index (Phi) is 7.96. The Morgan fingerprint density at radius 3 is 2.56 bits per heavy atom. The topological polar surface area (TPSA) is 50.1 Å². The summed E-state index contributed by atoms with van der Waals surface area (Å²) in [5.74, 6) is 0.397. The molecule has 0 N–H and O–H groups in total. The van der Waals surface area contributed by atoms with Crippen molar-refractivity contribution in [2.45, 2.75) is 26.7 Å². The predicted molar refractivity (Wildman–Crippen MR) is 72.7 cm³/mol. The van der Waals surface area contributed by atoms with Crippen LogP contribution in [0.1, 0.15) is 26.7 Å². The summed E-state index contributed by atoms with van der Waals surface area (Å²) in [7, 11) is 0. The Balaban J connectivity index is 4.41. The highest BCUT2D eigenvalue weighted by Gasteiger charge is 2.02. The maximum atomic E-state index is 11.3. The number of hydrogen-bond acceptors (Lipinski definition) is 3. The van der Waals surface area contributed by atoms with Gasteiger partial charge in [0.15, 0.2) is 12.4 Å². The fraction of sp³-hybridized carbons (Fsp3) is 0.333. The van der Waals surface area contributed by atoms with Gasteiger partial charge in [-0.1, -0.05) is 24.8 Å². The molecule has 0 aliphatic heterocycles. The van der Waals surface area contributed by atoms with Crippen molar-refractivity contribution in [1.82, 2.24) is 0 Å². The fourth-order valence-corrected chi connectivity index (χ4v) is 1.01. The highest BCUT2D eigenvalue weighted by atomic mass is 16.5. The van der Waals surface area contributed by atoms with Crippen LogP contribution in [0.5, 0.6) is 0 Å². The zero-order valence-corrected chi connectivity index (χ0v) is 11.0. The van der Waals surface area contributed by atoms with Crippen LogP contribution in [0.25, 0.3) is 0 Å². The number of carbonyl (C=O) groups excluding carboxylic acids is 1. The number of nitriles is 1. The minimum absolute atomic E-state index is 0.0295. The third-order valence-corrected chi connectivity index (χ3v) is 2.21. The SMILES string of the molecule is C=C/C(=C\C=C(/C)CCC#N)OCC(=O)C(=C)C. The van der Waals surface area contributed by atoms with Crippen molar-refractivity contribution in [1.29, 1.82) is 5.26 Å². The number of nitrogens with zero attached hydrogens (tertiary/aromatic N) is 1. The van der Waals surface area contributed by atoms with Crippen molar-refractivity contribution in [3.8, 4) is 6.07 Å². The minimum Gasteiger partial charge on any atom is -0.485 e. The van der Waals surface area contributed by atoms with Crippen LogP contribution in [0.3, 0.4) is 0 Å². The van der Waals surface area contributed by atoms with Crippen LogP contribution in [-0.2, 0) is 9.53 Å². The summed E-state index contributed by atoms with van der Waals surface area (Å²) in [5, 5.41) is 8.46. The van der Waals surface area contributed by atoms with Gasteiger partial charge in [0.25, 0.3) is 0 Å². The number of hydrogen-bond donors (Lipinski definition) is 0. The first-order valence-electron chi connectivity index (χ1n) is 5.69. The van der Waals surface area contributed by atoms with Gasteiger partial charge >= 0.3 is 0 Å². The highest BCUT2D eigenvalue weighted by Crippen LogP contribution is 2.06. The average molecular weight is 245 g/mol. The van der Waals surface area contributed by atoms with Crippen molar-refractivity contribution in [2.75, 3.05) is 6.61 Å². The monoisotopic (exact) mass is 245 g/mol. The van der Waals surface area contributed by atoms with E-state index in [-0.39, 0.29) is 12.4 Å². The van der Waals surface area contributed by atoms with E-state index in [2.05, 4.69) is 19.2 Å². The van der Waals surface area contributed by atoms with Gasteiger partial charge < -0.3 is 4.74 Å². The lowest BCUT2D eigenvalue weighted by Gasteiger charge is -2.05. The molecule has 0 amide bonds. The van der Waals surface area contributed by atoms with Crippen LogP contribution in [0, 0.1) is 11.3 Å². The van der Waals surface area contributed by atoms with Crippen molar-refractivity contribution in [3.63, 3.8) is 0 Å². The van der Waals surface area contributed by atoms with Crippen molar-refractivity contribution >= 4 is 5.78 Å². The maximum Gasteiger partial charge on any atom is 0.195 e. The van der Waals surface area contributed by atoms with Crippen LogP contribution < -0.4 is 0 Å². The molecule has 0 aromatic heterocycles. The molecule has 0 bridgehead atoms. The molecule has 0 fully saturated rings. The second-order valence-electron chi connectivity index (χ2n) is 3.94. The number of ketones is 1. The van der Waals surface area contributed by atoms with Crippen LogP contribution in [0.2, 0.25) is 0 Å². The van der Waals surface area contributed by atoms with Gasteiger partial charge in [-0.25, -0.2) is 0 Å². The Bertz CT molecular complexity index is 422. The molecule has 3 heteroatoms. The lowest BCUT2D eigenvalue weighted by Crippen LogP contribution is -2.08. The zero-order valence-electron chi connectivity index (χ0n) is 11.0. The summed E-state index contributed by atoms with van der Waals surface area (Å²) in [4.78, 5) is 11.3. The molecule has 0 spiro atoms. The molecule has 0 aromatic carbocycles. The quantitative estimate of drug-likeness (QED) is 0.374. The third kappa shape index (κ3) is 7.24. The maximum absolute atomic E-state index is 11.3. The number of Topliss-reactive ketones (excluding diaryl/α,β-unsaturated/α-hetero) is 1. The molecule has 96 valence electrons. The van der Waals surface area contributed by atoms with E-state index >= 15 is 0 Å². The Morgan fingerprint density at radius 1 is 1.39 bits per heavy atom. The minimum atomic E-state index is -0.132. The van der Waals surface area contributed by atoms with E-state index in [1.807, 2.05) is 13.0 Å². The molecule has 18 heavy (non-hydrogen) atoms. The molecule has 0 atom stereocenters. The Morgan fingerprint density at radius 2 is 2.06 bits per heavy atom. The third-order valence-electron chi connectivity index (χ3n) is 2.21. The fourth-order valence-electron chi connectivity index (χ4n) is 1.01. The summed E-state index contributed by atoms with van der Waals surface area (Å²) >= 11 is 0. The summed E-state index contributed by atoms with van der Waals surface area (Å²) < 4.78 is 5.29. The second kappa shape index (κ2) is 9.00. The normalized spacial score (nSPS) is 11.6. The second-order valence-corrected chi connectivity index (χ2v) is 3.94. The summed E-state index contributed by atoms with van der Waals surface area (Å²) in [6.07, 6.45) is 6.36. The number of carbonyl (C=O) groups is 1. The van der Waals surface area contributed by atoms with E-state index in [9.17, 15) is 4.79 Å². The van der Waals surface area contributed by atoms with Crippen molar-refractivity contribution in [3.05, 3.63) is 48.3 Å². The van der Waals surface area contributed by atoms with E-state index in [0.29, 0.717) is 17.8 Å². The number of ether oxygens (including phenoxy) is 1. The van der Waals surface area contributed by atoms with Gasteiger partial charge in [0, 0.05) is 6.42 Å². The van der Waals surface area contributed by atoms with Crippen LogP contribution in [0.15, 0.2) is 48.3 Å². The Hall–Kier alpha value is -2.08. The standard InChI is InChI=1S/C15H19NO2/c1-5-14(18-11-15(17)12(2)3)9-8-13(4)7-6-10-16/h5,8-9H,1-2,6-7,11H2,3-4H3/b13-8+,14-9+. The summed E-state index contributed by atoms with van der Waals surface area (Å²) in [5.41, 5.74) is 1.55. The molecule has 0 unspecified atom stereocenters. The first kappa shape index (κ1) is 15.9. The molecule has 0 aliphatic carbocycles. The molecule has 0 aliphatic rings. The number of allylic oxidation sites excluding steroid dienone is 4. The van der Waals surface area contributed by atoms with Gasteiger partial charge in [-0.15, -0.1) is 0 Å². The van der Waals surface area contributed by atoms with Crippen LogP contribution in [-0.4, -0.2) is 12.4 Å². The van der Waals surface area contributed by atoms with Gasteiger partial charge in [-0.2, -0.15) is 5.26 Å². The van der Waals surface area contributed by atoms with E-state index in [4.69, 9.17) is 10.00 Å². The lowest BCUT2D eigenvalue weighted by molar-refractivity contribution is -0.118. The van der Waals surface area contributed by atoms with Gasteiger partial charge in [-0.05, 0) is 38.0 Å². The van der Waals surface area contributed by atoms with Crippen LogP contribution >= 0.6 is 0 Å². The number of rotatable bonds is 8. The van der Waals surface area contributed by atoms with Gasteiger partial charge in [0.1, 0.15) is 5.76 Å². The largest absolute Gasteiger partial charge is 0.485 e. The molecular formula is C15H19NO2. The van der Waals surface area contributed by atoms with Gasteiger partial charge in [0.05, 0.1) is 6.07 Å². The van der Waals surface area contributed by atoms with Gasteiger partial charge in [0.2, 0.25) is 0 Å². The van der Waals surface area contributed by atoms with E-state index in [1.165, 1.54) is 0 Å². The van der Waals surface area contributed by atoms with E-state index in [0.717, 1.165) is 12.0 Å². The van der Waals surface area contributed by atoms with E-state index in [1.54, 1.807) is 19.1 Å². The molecule has 0 rings (SSSR count). The molecule has 0 heterocycles. The Labute approximate surface area is 109 Å². The summed E-state index contributed by atoms with van der Waals surface area (Å²) in [6.45, 7) is 10.7. The van der Waals surface area contributed by atoms with Crippen molar-refractivity contribution in [2.24, 2.45) is 0 Å². The van der Waals surface area contributed by atoms with Crippen molar-refractivity contribution < 1.29 is 9.53 Å². The predicted octanol–water partition coefficient (Wildman–Crippen LogP) is 3.47. The average Bonchev–Trinajstić information content (AvgIpc) is 2.35. The lowest BCUT2D eigenvalue weighted by atomic mass is 10.1. The van der Waals surface area contributed by atoms with Crippen LogP contribution in [0.4, 0.5) is 0 Å². The van der Waals surface area contributed by atoms with E-state index < -0.39 is 0 Å². The smallest absolute Gasteiger partial charge is 0.195 e. The summed E-state index contributed by atoms with van der Waals surface area (Å²) in [6, 6.07) is 2.09. The molecule has 0 radical (unpaired) electrons. The molecule has 3 nitrogen and oxygen atoms in total. The highest BCUT2D eigenvalue weighted by molar-refractivity contribution is 5.95. The molecule has 0 aromatic rings. The first-order chi connectivity index (χ1) is 8.51. The molecule has 0 saturated heterocycles. The zero-order chi connectivity index (χ0) is 14.0. The first-order valence-corrected chi connectivity index (χ1v) is 5.69.